The number of tetrazole rings is 1. The Morgan fingerprint density at radius 3 is 2.47 bits per heavy atom. The molecule has 2 aliphatic heterocycles. The van der Waals surface area contributed by atoms with Crippen LogP contribution in [-0.4, -0.2) is 94.3 Å². The molecule has 7 N–H and O–H groups in total. The van der Waals surface area contributed by atoms with E-state index in [1.54, 1.807) is 6.07 Å². The Morgan fingerprint density at radius 1 is 1.16 bits per heavy atom. The van der Waals surface area contributed by atoms with Gasteiger partial charge in [0, 0.05) is 51.1 Å². The van der Waals surface area contributed by atoms with Gasteiger partial charge < -0.3 is 16.0 Å². The lowest BCUT2D eigenvalue weighted by molar-refractivity contribution is 0.265. The van der Waals surface area contributed by atoms with Crippen molar-refractivity contribution in [2.75, 3.05) is 50.8 Å². The van der Waals surface area contributed by atoms with Crippen molar-refractivity contribution in [2.45, 2.75) is 22.3 Å². The maximum absolute atomic E-state index is 13.2. The summed E-state index contributed by atoms with van der Waals surface area (Å²) in [6, 6.07) is 2.47. The SMILES string of the molecule is NCN1CCN(c2ccc(S(=O)(=O)NC3CCNC3)c(S(N)(=O)=O)c2-c2nnn[nH]2)CC1. The summed E-state index contributed by atoms with van der Waals surface area (Å²) in [7, 11) is -8.70. The summed E-state index contributed by atoms with van der Waals surface area (Å²) >= 11 is 0. The van der Waals surface area contributed by atoms with E-state index in [-0.39, 0.29) is 17.4 Å². The van der Waals surface area contributed by atoms with Gasteiger partial charge in [-0.3, -0.25) is 4.90 Å². The molecule has 1 atom stereocenters. The van der Waals surface area contributed by atoms with Crippen LogP contribution in [0.4, 0.5) is 5.69 Å². The molecule has 0 radical (unpaired) electrons. The number of hydrogen-bond donors (Lipinski definition) is 5. The molecule has 1 unspecified atom stereocenters. The van der Waals surface area contributed by atoms with E-state index < -0.39 is 29.8 Å². The van der Waals surface area contributed by atoms with Crippen LogP contribution in [0, 0.1) is 0 Å². The molecule has 0 spiro atoms. The van der Waals surface area contributed by atoms with Gasteiger partial charge in [-0.25, -0.2) is 31.8 Å². The molecule has 1 aromatic carbocycles. The zero-order chi connectivity index (χ0) is 22.9. The van der Waals surface area contributed by atoms with Crippen molar-refractivity contribution in [1.82, 2.24) is 35.6 Å². The standard InChI is InChI=1S/C16H26N10O4S2/c17-10-25-5-7-26(8-6-25)12-1-2-13(32(29,30)22-11-3-4-19-9-11)15(31(18,27)28)14(12)16-20-23-24-21-16/h1-2,11,19,22H,3-10,17H2,(H2,18,27,28)(H,20,21,23,24). The van der Waals surface area contributed by atoms with Crippen LogP contribution in [0.3, 0.4) is 0 Å². The Morgan fingerprint density at radius 2 is 1.91 bits per heavy atom. The number of nitrogens with two attached hydrogens (primary N) is 2. The summed E-state index contributed by atoms with van der Waals surface area (Å²) in [5.41, 5.74) is 6.20. The second-order valence-corrected chi connectivity index (χ2v) is 10.9. The zero-order valence-corrected chi connectivity index (χ0v) is 18.9. The third-order valence-electron chi connectivity index (χ3n) is 5.61. The van der Waals surface area contributed by atoms with Gasteiger partial charge in [0.25, 0.3) is 0 Å². The molecule has 1 aromatic heterocycles. The predicted molar refractivity (Wildman–Crippen MR) is 115 cm³/mol. The molecule has 14 nitrogen and oxygen atoms in total. The van der Waals surface area contributed by atoms with E-state index in [1.165, 1.54) is 6.07 Å². The molecule has 3 heterocycles. The highest BCUT2D eigenvalue weighted by molar-refractivity contribution is 7.92. The maximum Gasteiger partial charge on any atom is 0.242 e. The Bertz CT molecular complexity index is 1160. The Hall–Kier alpha value is -2.21. The lowest BCUT2D eigenvalue weighted by Gasteiger charge is -2.36. The van der Waals surface area contributed by atoms with Gasteiger partial charge in [0.05, 0.1) is 5.56 Å². The summed E-state index contributed by atoms with van der Waals surface area (Å²) in [6.07, 6.45) is 0.590. The predicted octanol–water partition coefficient (Wildman–Crippen LogP) is -2.81. The van der Waals surface area contributed by atoms with Gasteiger partial charge in [-0.05, 0) is 35.5 Å². The van der Waals surface area contributed by atoms with Crippen molar-refractivity contribution in [3.05, 3.63) is 12.1 Å². The van der Waals surface area contributed by atoms with Crippen LogP contribution >= 0.6 is 0 Å². The molecule has 0 aliphatic carbocycles. The smallest absolute Gasteiger partial charge is 0.242 e. The van der Waals surface area contributed by atoms with E-state index in [0.29, 0.717) is 58.0 Å². The number of aromatic amines is 1. The molecule has 176 valence electrons. The van der Waals surface area contributed by atoms with Crippen LogP contribution in [-0.2, 0) is 20.0 Å². The fraction of sp³-hybridized carbons (Fsp3) is 0.562. The van der Waals surface area contributed by atoms with Crippen LogP contribution in [0.1, 0.15) is 6.42 Å². The van der Waals surface area contributed by atoms with Gasteiger partial charge in [0.15, 0.2) is 5.82 Å². The van der Waals surface area contributed by atoms with E-state index in [9.17, 15) is 16.8 Å². The van der Waals surface area contributed by atoms with Crippen LogP contribution in [0.25, 0.3) is 11.4 Å². The lowest BCUT2D eigenvalue weighted by atomic mass is 10.1. The van der Waals surface area contributed by atoms with Crippen molar-refractivity contribution in [2.24, 2.45) is 10.9 Å². The topological polar surface area (TPSA) is 205 Å². The molecule has 2 saturated heterocycles. The van der Waals surface area contributed by atoms with Crippen LogP contribution in [0.5, 0.6) is 0 Å². The zero-order valence-electron chi connectivity index (χ0n) is 17.2. The summed E-state index contributed by atoms with van der Waals surface area (Å²) in [5.74, 6) is 0.00450. The van der Waals surface area contributed by atoms with Gasteiger partial charge >= 0.3 is 0 Å². The maximum atomic E-state index is 13.2. The number of rotatable bonds is 7. The minimum Gasteiger partial charge on any atom is -0.368 e. The highest BCUT2D eigenvalue weighted by Gasteiger charge is 2.34. The number of piperazine rings is 1. The molecule has 2 aliphatic rings. The van der Waals surface area contributed by atoms with Crippen molar-refractivity contribution < 1.29 is 16.8 Å². The molecule has 32 heavy (non-hydrogen) atoms. The van der Waals surface area contributed by atoms with Crippen molar-refractivity contribution in [3.63, 3.8) is 0 Å². The van der Waals surface area contributed by atoms with Crippen LogP contribution in [0.2, 0.25) is 0 Å². The van der Waals surface area contributed by atoms with E-state index in [1.807, 2.05) is 9.80 Å². The molecular weight excluding hydrogens is 460 g/mol. The van der Waals surface area contributed by atoms with E-state index in [0.717, 1.165) is 0 Å². The Balaban J connectivity index is 1.87. The first kappa shape index (κ1) is 23.0. The molecule has 0 amide bonds. The number of H-pyrrole nitrogens is 1. The number of aromatic nitrogens is 4. The summed E-state index contributed by atoms with van der Waals surface area (Å²) in [6.45, 7) is 3.94. The number of anilines is 1. The van der Waals surface area contributed by atoms with Crippen molar-refractivity contribution >= 4 is 25.7 Å². The van der Waals surface area contributed by atoms with Gasteiger partial charge in [0.2, 0.25) is 20.0 Å². The number of sulfonamides is 2. The molecule has 0 bridgehead atoms. The highest BCUT2D eigenvalue weighted by Crippen LogP contribution is 2.38. The second kappa shape index (κ2) is 8.97. The minimum absolute atomic E-state index is 0.00450. The third kappa shape index (κ3) is 4.61. The normalized spacial score (nSPS) is 20.7. The molecule has 2 aromatic rings. The third-order valence-corrected chi connectivity index (χ3v) is 8.29. The lowest BCUT2D eigenvalue weighted by Crippen LogP contribution is -2.48. The number of nitrogens with one attached hydrogen (secondary N) is 3. The first-order valence-corrected chi connectivity index (χ1v) is 13.1. The Kier molecular flexibility index (Phi) is 6.44. The molecule has 16 heteroatoms. The second-order valence-electron chi connectivity index (χ2n) is 7.68. The van der Waals surface area contributed by atoms with Crippen molar-refractivity contribution in [3.8, 4) is 11.4 Å². The van der Waals surface area contributed by atoms with Gasteiger partial charge in [0.1, 0.15) is 9.79 Å². The fourth-order valence-corrected chi connectivity index (χ4v) is 6.89. The monoisotopic (exact) mass is 486 g/mol. The summed E-state index contributed by atoms with van der Waals surface area (Å²) in [5, 5.41) is 22.1. The van der Waals surface area contributed by atoms with E-state index in [2.05, 4.69) is 30.7 Å². The van der Waals surface area contributed by atoms with E-state index in [4.69, 9.17) is 10.9 Å². The number of nitrogens with zero attached hydrogens (tertiary/aromatic N) is 5. The first-order chi connectivity index (χ1) is 15.2. The first-order valence-electron chi connectivity index (χ1n) is 10.0. The number of benzene rings is 1. The average molecular weight is 487 g/mol. The number of primary sulfonamides is 1. The quantitative estimate of drug-likeness (QED) is 0.270. The van der Waals surface area contributed by atoms with Crippen molar-refractivity contribution in [1.29, 1.82) is 0 Å². The largest absolute Gasteiger partial charge is 0.368 e. The summed E-state index contributed by atoms with van der Waals surface area (Å²) in [4.78, 5) is 2.99. The van der Waals surface area contributed by atoms with Gasteiger partial charge in [-0.1, -0.05) is 0 Å². The molecular formula is C16H26N10O4S2. The van der Waals surface area contributed by atoms with E-state index >= 15 is 0 Å². The van der Waals surface area contributed by atoms with Crippen LogP contribution in [0.15, 0.2) is 21.9 Å². The Labute approximate surface area is 185 Å². The summed E-state index contributed by atoms with van der Waals surface area (Å²) < 4.78 is 54.4. The fourth-order valence-electron chi connectivity index (χ4n) is 4.01. The molecule has 2 fully saturated rings. The minimum atomic E-state index is -4.49. The van der Waals surface area contributed by atoms with Crippen LogP contribution < -0.4 is 25.8 Å². The van der Waals surface area contributed by atoms with Gasteiger partial charge in [-0.2, -0.15) is 0 Å². The molecule has 4 rings (SSSR count). The van der Waals surface area contributed by atoms with Gasteiger partial charge in [-0.15, -0.1) is 5.10 Å². The number of hydrogen-bond acceptors (Lipinski definition) is 11. The molecule has 0 saturated carbocycles. The average Bonchev–Trinajstić information content (AvgIpc) is 3.46. The highest BCUT2D eigenvalue weighted by atomic mass is 32.2.